The van der Waals surface area contributed by atoms with Crippen molar-refractivity contribution in [1.29, 1.82) is 0 Å². The zero-order chi connectivity index (χ0) is 8.60. The van der Waals surface area contributed by atoms with Crippen LogP contribution in [0.1, 0.15) is 32.1 Å². The van der Waals surface area contributed by atoms with E-state index in [0.717, 1.165) is 45.2 Å². The van der Waals surface area contributed by atoms with Crippen molar-refractivity contribution in [3.8, 4) is 0 Å². The Balaban J connectivity index is 1.98. The van der Waals surface area contributed by atoms with Crippen molar-refractivity contribution in [2.24, 2.45) is 0 Å². The van der Waals surface area contributed by atoms with E-state index >= 15 is 0 Å². The van der Waals surface area contributed by atoms with Gasteiger partial charge in [-0.25, -0.2) is 5.73 Å². The molecule has 0 aromatic carbocycles. The van der Waals surface area contributed by atoms with Crippen LogP contribution in [-0.2, 0) is 4.79 Å². The highest BCUT2D eigenvalue weighted by Crippen LogP contribution is 2.33. The molecule has 1 saturated carbocycles. The first-order chi connectivity index (χ1) is 5.72. The molecule has 0 aromatic rings. The molecule has 2 fully saturated rings. The third kappa shape index (κ3) is 1.12. The minimum absolute atomic E-state index is 0.0891. The van der Waals surface area contributed by atoms with Crippen LogP contribution in [0.15, 0.2) is 0 Å². The van der Waals surface area contributed by atoms with Crippen LogP contribution < -0.4 is 5.73 Å². The molecule has 1 saturated heterocycles. The number of hydrogen-bond acceptors (Lipinski definition) is 1. The van der Waals surface area contributed by atoms with Crippen molar-refractivity contribution in [1.82, 2.24) is 10.6 Å². The molecule has 67 valence electrons. The van der Waals surface area contributed by atoms with Gasteiger partial charge in [0.25, 0.3) is 0 Å². The van der Waals surface area contributed by atoms with Gasteiger partial charge in [-0.1, -0.05) is 0 Å². The molecule has 0 bridgehead atoms. The number of amides is 1. The summed E-state index contributed by atoms with van der Waals surface area (Å²) in [7, 11) is 0. The van der Waals surface area contributed by atoms with Gasteiger partial charge in [0.15, 0.2) is 0 Å². The number of likely N-dealkylation sites (tertiary alicyclic amines) is 1. The highest BCUT2D eigenvalue weighted by molar-refractivity contribution is 5.87. The fourth-order valence-electron chi connectivity index (χ4n) is 1.97. The summed E-state index contributed by atoms with van der Waals surface area (Å²) < 4.78 is 0. The molecule has 2 aliphatic rings. The molecule has 0 spiro atoms. The molecule has 0 aromatic heterocycles. The fourth-order valence-corrected chi connectivity index (χ4v) is 1.97. The van der Waals surface area contributed by atoms with E-state index in [1.165, 1.54) is 0 Å². The highest BCUT2D eigenvalue weighted by atomic mass is 16.2. The standard InChI is InChI=1S/C9H15N2O/c10-9(4-3-5-9)8(12)11-6-1-2-7-11/h10H,1-7H2. The lowest BCUT2D eigenvalue weighted by molar-refractivity contribution is -0.139. The number of nitrogens with zero attached hydrogens (tertiary/aromatic N) is 1. The minimum atomic E-state index is -0.718. The van der Waals surface area contributed by atoms with E-state index in [1.54, 1.807) is 0 Å². The van der Waals surface area contributed by atoms with E-state index in [4.69, 9.17) is 5.73 Å². The molecule has 1 aliphatic heterocycles. The van der Waals surface area contributed by atoms with Gasteiger partial charge in [0.1, 0.15) is 5.54 Å². The largest absolute Gasteiger partial charge is 0.341 e. The molecule has 0 unspecified atom stereocenters. The second kappa shape index (κ2) is 2.73. The van der Waals surface area contributed by atoms with Crippen LogP contribution in [0.25, 0.3) is 0 Å². The maximum absolute atomic E-state index is 11.7. The lowest BCUT2D eigenvalue weighted by Crippen LogP contribution is -2.53. The number of nitrogens with one attached hydrogen (secondary N) is 1. The number of carbonyl (C=O) groups excluding carboxylic acids is 1. The Labute approximate surface area is 72.9 Å². The summed E-state index contributed by atoms with van der Waals surface area (Å²) in [6, 6.07) is 0. The maximum atomic E-state index is 11.7. The predicted octanol–water partition coefficient (Wildman–Crippen LogP) is 0.814. The first kappa shape index (κ1) is 8.05. The first-order valence-electron chi connectivity index (χ1n) is 4.77. The summed E-state index contributed by atoms with van der Waals surface area (Å²) in [6.45, 7) is 1.78. The van der Waals surface area contributed by atoms with Crippen molar-refractivity contribution in [3.05, 3.63) is 0 Å². The molecule has 1 radical (unpaired) electrons. The molecule has 12 heavy (non-hydrogen) atoms. The van der Waals surface area contributed by atoms with E-state index < -0.39 is 5.54 Å². The van der Waals surface area contributed by atoms with Gasteiger partial charge < -0.3 is 4.90 Å². The third-order valence-electron chi connectivity index (χ3n) is 3.01. The summed E-state index contributed by atoms with van der Waals surface area (Å²) in [6.07, 6.45) is 4.87. The maximum Gasteiger partial charge on any atom is 0.244 e. The van der Waals surface area contributed by atoms with Crippen LogP contribution in [0.3, 0.4) is 0 Å². The summed E-state index contributed by atoms with van der Waals surface area (Å²) in [5.74, 6) is 0.0891. The Morgan fingerprint density at radius 2 is 1.75 bits per heavy atom. The van der Waals surface area contributed by atoms with E-state index in [1.807, 2.05) is 4.90 Å². The lowest BCUT2D eigenvalue weighted by atomic mass is 9.76. The van der Waals surface area contributed by atoms with E-state index in [9.17, 15) is 4.79 Å². The second-order valence-corrected chi connectivity index (χ2v) is 3.93. The van der Waals surface area contributed by atoms with Crippen molar-refractivity contribution in [2.75, 3.05) is 13.1 Å². The zero-order valence-electron chi connectivity index (χ0n) is 7.31. The van der Waals surface area contributed by atoms with Crippen LogP contribution in [-0.4, -0.2) is 29.4 Å². The van der Waals surface area contributed by atoms with Crippen molar-refractivity contribution >= 4 is 5.91 Å². The molecule has 1 amide bonds. The monoisotopic (exact) mass is 167 g/mol. The van der Waals surface area contributed by atoms with Gasteiger partial charge in [-0.15, -0.1) is 0 Å². The van der Waals surface area contributed by atoms with Crippen LogP contribution in [0, 0.1) is 0 Å². The van der Waals surface area contributed by atoms with Gasteiger partial charge in [-0.05, 0) is 32.1 Å². The van der Waals surface area contributed by atoms with Gasteiger partial charge in [0.05, 0.1) is 0 Å². The number of carbonyl (C=O) groups is 1. The topological polar surface area (TPSA) is 44.1 Å². The third-order valence-corrected chi connectivity index (χ3v) is 3.01. The molecular weight excluding hydrogens is 152 g/mol. The molecule has 1 N–H and O–H groups in total. The van der Waals surface area contributed by atoms with Gasteiger partial charge in [-0.2, -0.15) is 0 Å². The van der Waals surface area contributed by atoms with Crippen LogP contribution in [0.2, 0.25) is 0 Å². The molecule has 2 rings (SSSR count). The van der Waals surface area contributed by atoms with E-state index in [-0.39, 0.29) is 5.91 Å². The molecule has 0 atom stereocenters. The van der Waals surface area contributed by atoms with Crippen molar-refractivity contribution < 1.29 is 4.79 Å². The Morgan fingerprint density at radius 3 is 2.17 bits per heavy atom. The summed E-state index contributed by atoms with van der Waals surface area (Å²) in [5.41, 5.74) is 7.12. The SMILES string of the molecule is [NH]C1(C(=O)N2CCCC2)CCC1. The van der Waals surface area contributed by atoms with Gasteiger partial charge in [0, 0.05) is 13.1 Å². The molecule has 3 nitrogen and oxygen atoms in total. The summed E-state index contributed by atoms with van der Waals surface area (Å²) in [4.78, 5) is 13.6. The summed E-state index contributed by atoms with van der Waals surface area (Å²) >= 11 is 0. The van der Waals surface area contributed by atoms with Gasteiger partial charge in [0.2, 0.25) is 5.91 Å². The normalized spacial score (nSPS) is 26.9. The van der Waals surface area contributed by atoms with Crippen molar-refractivity contribution in [2.45, 2.75) is 37.6 Å². The van der Waals surface area contributed by atoms with Crippen LogP contribution >= 0.6 is 0 Å². The van der Waals surface area contributed by atoms with Crippen LogP contribution in [0.4, 0.5) is 0 Å². The average Bonchev–Trinajstić information content (AvgIpc) is 2.50. The summed E-state index contributed by atoms with van der Waals surface area (Å²) in [5, 5.41) is 0. The van der Waals surface area contributed by atoms with Gasteiger partial charge >= 0.3 is 0 Å². The second-order valence-electron chi connectivity index (χ2n) is 3.93. The first-order valence-corrected chi connectivity index (χ1v) is 4.77. The Kier molecular flexibility index (Phi) is 1.83. The Bertz CT molecular complexity index is 193. The molecule has 1 aliphatic carbocycles. The Morgan fingerprint density at radius 1 is 1.17 bits per heavy atom. The quantitative estimate of drug-likeness (QED) is 0.570. The highest BCUT2D eigenvalue weighted by Gasteiger charge is 2.43. The van der Waals surface area contributed by atoms with Crippen LogP contribution in [0.5, 0.6) is 0 Å². The Hall–Kier alpha value is -0.570. The van der Waals surface area contributed by atoms with E-state index in [2.05, 4.69) is 0 Å². The lowest BCUT2D eigenvalue weighted by Gasteiger charge is -2.38. The molecule has 3 heteroatoms. The molecular formula is C9H15N2O. The average molecular weight is 167 g/mol. The van der Waals surface area contributed by atoms with Crippen molar-refractivity contribution in [3.63, 3.8) is 0 Å². The zero-order valence-corrected chi connectivity index (χ0v) is 7.31. The fraction of sp³-hybridized carbons (Fsp3) is 0.889. The minimum Gasteiger partial charge on any atom is -0.341 e. The number of hydrogen-bond donors (Lipinski definition) is 0. The molecule has 1 heterocycles. The predicted molar refractivity (Wildman–Crippen MR) is 45.5 cm³/mol. The van der Waals surface area contributed by atoms with Gasteiger partial charge in [-0.3, -0.25) is 4.79 Å². The smallest absolute Gasteiger partial charge is 0.244 e. The number of rotatable bonds is 1. The van der Waals surface area contributed by atoms with E-state index in [0.29, 0.717) is 0 Å².